The van der Waals surface area contributed by atoms with E-state index in [-0.39, 0.29) is 0 Å². The van der Waals surface area contributed by atoms with Gasteiger partial charge in [-0.3, -0.25) is 4.98 Å². The molecular weight excluding hydrogens is 268 g/mol. The molecule has 0 bridgehead atoms. The highest BCUT2D eigenvalue weighted by Crippen LogP contribution is 2.57. The van der Waals surface area contributed by atoms with Crippen LogP contribution in [0.2, 0.25) is 5.02 Å². The number of nitrogens with zero attached hydrogens (tertiary/aromatic N) is 2. The summed E-state index contributed by atoms with van der Waals surface area (Å²) in [6.07, 6.45) is 6.18. The summed E-state index contributed by atoms with van der Waals surface area (Å²) in [5.74, 6) is 0.756. The summed E-state index contributed by atoms with van der Waals surface area (Å²) < 4.78 is 0. The van der Waals surface area contributed by atoms with Crippen LogP contribution in [0.5, 0.6) is 0 Å². The van der Waals surface area contributed by atoms with Gasteiger partial charge >= 0.3 is 0 Å². The molecule has 1 spiro atoms. The number of anilines is 1. The van der Waals surface area contributed by atoms with Crippen molar-refractivity contribution in [3.63, 3.8) is 0 Å². The number of benzene rings is 1. The number of pyridine rings is 1. The van der Waals surface area contributed by atoms with E-state index in [0.29, 0.717) is 5.41 Å². The molecule has 2 nitrogen and oxygen atoms in total. The van der Waals surface area contributed by atoms with Crippen molar-refractivity contribution in [1.82, 2.24) is 4.98 Å². The van der Waals surface area contributed by atoms with Crippen LogP contribution < -0.4 is 4.90 Å². The van der Waals surface area contributed by atoms with Crippen molar-refractivity contribution < 1.29 is 0 Å². The lowest BCUT2D eigenvalue weighted by molar-refractivity contribution is 0.0634. The molecule has 102 valence electrons. The molecule has 2 aromatic rings. The van der Waals surface area contributed by atoms with Crippen LogP contribution in [-0.4, -0.2) is 18.1 Å². The monoisotopic (exact) mass is 284 g/mol. The van der Waals surface area contributed by atoms with Gasteiger partial charge in [-0.05, 0) is 30.4 Å². The van der Waals surface area contributed by atoms with E-state index in [1.54, 1.807) is 6.20 Å². The Hall–Kier alpha value is -1.54. The largest absolute Gasteiger partial charge is 0.369 e. The molecule has 0 amide bonds. The van der Waals surface area contributed by atoms with E-state index >= 15 is 0 Å². The van der Waals surface area contributed by atoms with Gasteiger partial charge in [-0.25, -0.2) is 0 Å². The fraction of sp³-hybridized carbons (Fsp3) is 0.353. The van der Waals surface area contributed by atoms with Crippen LogP contribution >= 0.6 is 11.6 Å². The van der Waals surface area contributed by atoms with Crippen molar-refractivity contribution in [2.24, 2.45) is 5.41 Å². The number of hydrogen-bond donors (Lipinski definition) is 0. The normalized spacial score (nSPS) is 20.6. The quantitative estimate of drug-likeness (QED) is 0.825. The Morgan fingerprint density at radius 1 is 1.10 bits per heavy atom. The van der Waals surface area contributed by atoms with Gasteiger partial charge in [0.25, 0.3) is 0 Å². The zero-order valence-electron chi connectivity index (χ0n) is 11.3. The second-order valence-corrected chi connectivity index (χ2v) is 6.61. The average Bonchev–Trinajstić information content (AvgIpc) is 2.39. The Morgan fingerprint density at radius 2 is 1.85 bits per heavy atom. The first-order valence-electron chi connectivity index (χ1n) is 7.15. The van der Waals surface area contributed by atoms with Crippen molar-refractivity contribution in [3.8, 4) is 0 Å². The molecule has 3 heteroatoms. The molecule has 1 saturated carbocycles. The van der Waals surface area contributed by atoms with Gasteiger partial charge in [0.1, 0.15) is 0 Å². The Labute approximate surface area is 124 Å². The molecule has 0 atom stereocenters. The summed E-state index contributed by atoms with van der Waals surface area (Å²) in [5, 5.41) is 0.765. The van der Waals surface area contributed by atoms with E-state index in [1.807, 2.05) is 12.3 Å². The zero-order valence-corrected chi connectivity index (χ0v) is 12.1. The van der Waals surface area contributed by atoms with Crippen molar-refractivity contribution in [2.45, 2.75) is 18.8 Å². The molecule has 2 aliphatic rings. The predicted molar refractivity (Wildman–Crippen MR) is 82.3 cm³/mol. The fourth-order valence-electron chi connectivity index (χ4n) is 3.76. The smallest absolute Gasteiger partial charge is 0.0822 e. The fourth-order valence-corrected chi connectivity index (χ4v) is 4.00. The molecule has 0 radical (unpaired) electrons. The Morgan fingerprint density at radius 3 is 2.55 bits per heavy atom. The molecule has 4 rings (SSSR count). The maximum Gasteiger partial charge on any atom is 0.0822 e. The molecular formula is C17H17ClN2. The van der Waals surface area contributed by atoms with Gasteiger partial charge in [0.05, 0.1) is 10.7 Å². The van der Waals surface area contributed by atoms with Crippen LogP contribution in [0, 0.1) is 5.41 Å². The molecule has 1 aromatic heterocycles. The van der Waals surface area contributed by atoms with Crippen LogP contribution in [0.3, 0.4) is 0 Å². The van der Waals surface area contributed by atoms with Gasteiger partial charge in [0.15, 0.2) is 0 Å². The Balaban J connectivity index is 1.40. The maximum atomic E-state index is 6.21. The van der Waals surface area contributed by atoms with E-state index in [9.17, 15) is 0 Å². The second kappa shape index (κ2) is 4.49. The van der Waals surface area contributed by atoms with Gasteiger partial charge < -0.3 is 4.90 Å². The first kappa shape index (κ1) is 12.2. The molecule has 2 fully saturated rings. The summed E-state index contributed by atoms with van der Waals surface area (Å²) in [6.45, 7) is 2.28. The average molecular weight is 285 g/mol. The summed E-state index contributed by atoms with van der Waals surface area (Å²) >= 11 is 6.21. The summed E-state index contributed by atoms with van der Waals surface area (Å²) in [7, 11) is 0. The number of aromatic nitrogens is 1. The van der Waals surface area contributed by atoms with Crippen molar-refractivity contribution in [2.75, 3.05) is 18.0 Å². The van der Waals surface area contributed by atoms with Gasteiger partial charge in [0.2, 0.25) is 0 Å². The lowest BCUT2D eigenvalue weighted by Gasteiger charge is -2.60. The lowest BCUT2D eigenvalue weighted by Crippen LogP contribution is -2.62. The molecule has 2 heterocycles. The van der Waals surface area contributed by atoms with Gasteiger partial charge in [-0.15, -0.1) is 0 Å². The molecule has 1 saturated heterocycles. The molecule has 1 aliphatic heterocycles. The summed E-state index contributed by atoms with van der Waals surface area (Å²) in [5.41, 5.74) is 3.17. The minimum absolute atomic E-state index is 0.535. The third-order valence-electron chi connectivity index (χ3n) is 4.77. The molecule has 0 unspecified atom stereocenters. The van der Waals surface area contributed by atoms with Crippen LogP contribution in [-0.2, 0) is 0 Å². The van der Waals surface area contributed by atoms with E-state index in [2.05, 4.69) is 40.2 Å². The highest BCUT2D eigenvalue weighted by Gasteiger charge is 2.52. The van der Waals surface area contributed by atoms with E-state index in [0.717, 1.165) is 29.7 Å². The minimum Gasteiger partial charge on any atom is -0.369 e. The van der Waals surface area contributed by atoms with E-state index < -0.39 is 0 Å². The third kappa shape index (κ3) is 1.90. The highest BCUT2D eigenvalue weighted by molar-refractivity contribution is 6.33. The minimum atomic E-state index is 0.535. The topological polar surface area (TPSA) is 16.1 Å². The number of halogens is 1. The van der Waals surface area contributed by atoms with Gasteiger partial charge in [-0.2, -0.15) is 0 Å². The number of hydrogen-bond acceptors (Lipinski definition) is 2. The maximum absolute atomic E-state index is 6.21. The highest BCUT2D eigenvalue weighted by atomic mass is 35.5. The first-order valence-corrected chi connectivity index (χ1v) is 7.53. The van der Waals surface area contributed by atoms with Crippen molar-refractivity contribution in [3.05, 3.63) is 59.4 Å². The van der Waals surface area contributed by atoms with Crippen LogP contribution in [0.4, 0.5) is 5.69 Å². The second-order valence-electron chi connectivity index (χ2n) is 6.20. The Kier molecular flexibility index (Phi) is 2.74. The molecule has 20 heavy (non-hydrogen) atoms. The van der Waals surface area contributed by atoms with Gasteiger partial charge in [-0.1, -0.05) is 41.9 Å². The van der Waals surface area contributed by atoms with Crippen LogP contribution in [0.15, 0.2) is 48.8 Å². The number of rotatable bonds is 2. The summed E-state index contributed by atoms with van der Waals surface area (Å²) in [6, 6.07) is 12.9. The van der Waals surface area contributed by atoms with Crippen LogP contribution in [0.25, 0.3) is 0 Å². The third-order valence-corrected chi connectivity index (χ3v) is 5.07. The van der Waals surface area contributed by atoms with E-state index in [1.165, 1.54) is 18.4 Å². The SMILES string of the molecule is Clc1cnccc1N1CC2(CC(c3ccccc3)C2)C1. The summed E-state index contributed by atoms with van der Waals surface area (Å²) in [4.78, 5) is 6.43. The van der Waals surface area contributed by atoms with Crippen LogP contribution in [0.1, 0.15) is 24.3 Å². The zero-order chi connectivity index (χ0) is 13.6. The van der Waals surface area contributed by atoms with Crippen molar-refractivity contribution >= 4 is 17.3 Å². The standard InChI is InChI=1S/C17H17ClN2/c18-15-10-19-7-6-16(15)20-11-17(12-20)8-14(9-17)13-4-2-1-3-5-13/h1-7,10,14H,8-9,11-12H2. The van der Waals surface area contributed by atoms with Gasteiger partial charge in [0, 0.05) is 30.9 Å². The Bertz CT molecular complexity index is 612. The first-order chi connectivity index (χ1) is 9.76. The predicted octanol–water partition coefficient (Wildman–Crippen LogP) is 4.12. The molecule has 0 N–H and O–H groups in total. The lowest BCUT2D eigenvalue weighted by atomic mass is 9.56. The van der Waals surface area contributed by atoms with Crippen molar-refractivity contribution in [1.29, 1.82) is 0 Å². The molecule has 1 aromatic carbocycles. The molecule has 1 aliphatic carbocycles. The van der Waals surface area contributed by atoms with E-state index in [4.69, 9.17) is 11.6 Å².